The van der Waals surface area contributed by atoms with Crippen LogP contribution in [-0.4, -0.2) is 13.4 Å². The second kappa shape index (κ2) is 4.59. The third-order valence-electron chi connectivity index (χ3n) is 0.182. The summed E-state index contributed by atoms with van der Waals surface area (Å²) in [5, 5.41) is 0. The summed E-state index contributed by atoms with van der Waals surface area (Å²) in [6.07, 6.45) is 0. The van der Waals surface area contributed by atoms with Crippen molar-refractivity contribution in [3.8, 4) is 0 Å². The summed E-state index contributed by atoms with van der Waals surface area (Å²) in [7, 11) is 0.875. The van der Waals surface area contributed by atoms with Gasteiger partial charge in [0, 0.05) is 0 Å². The van der Waals surface area contributed by atoms with Gasteiger partial charge in [0.05, 0.1) is 8.34 Å². The van der Waals surface area contributed by atoms with E-state index in [1.807, 2.05) is 6.66 Å². The van der Waals surface area contributed by atoms with Crippen molar-refractivity contribution >= 4 is 23.5 Å². The lowest BCUT2D eigenvalue weighted by molar-refractivity contribution is 0.605. The van der Waals surface area contributed by atoms with E-state index in [4.69, 9.17) is 0 Å². The number of hydrogen-bond donors (Lipinski definition) is 0. The molecule has 5 heavy (non-hydrogen) atoms. The molecule has 0 aromatic carbocycles. The van der Waals surface area contributed by atoms with E-state index in [-0.39, 0.29) is 8.34 Å². The van der Waals surface area contributed by atoms with Crippen LogP contribution in [0.25, 0.3) is 0 Å². The van der Waals surface area contributed by atoms with E-state index >= 15 is 0 Å². The summed E-state index contributed by atoms with van der Waals surface area (Å²) in [6, 6.07) is 0. The van der Waals surface area contributed by atoms with E-state index in [1.54, 1.807) is 6.72 Å². The van der Waals surface area contributed by atoms with Crippen LogP contribution in [0, 0.1) is 0 Å². The van der Waals surface area contributed by atoms with Crippen molar-refractivity contribution in [3.63, 3.8) is 0 Å². The molecule has 1 unspecified atom stereocenters. The van der Waals surface area contributed by atoms with Crippen LogP contribution in [0.5, 0.6) is 0 Å². The molecule has 0 saturated heterocycles. The van der Waals surface area contributed by atoms with Gasteiger partial charge in [-0.3, -0.25) is 4.57 Å². The molecule has 0 saturated carbocycles. The molecule has 0 spiro atoms. The maximum absolute atomic E-state index is 9.45. The van der Waals surface area contributed by atoms with Crippen LogP contribution in [0.15, 0.2) is 0 Å². The van der Waals surface area contributed by atoms with Crippen LogP contribution in [0.2, 0.25) is 0 Å². The second-order valence-corrected chi connectivity index (χ2v) is 2.34. The first-order valence-electron chi connectivity index (χ1n) is 1.23. The van der Waals surface area contributed by atoms with E-state index in [0.29, 0.717) is 8.46 Å². The zero-order valence-corrected chi connectivity index (χ0v) is 4.83. The Balaban J connectivity index is 2.40. The Hall–Kier alpha value is 0.595. The van der Waals surface area contributed by atoms with Gasteiger partial charge in [0.25, 0.3) is 6.72 Å². The Morgan fingerprint density at radius 2 is 2.60 bits per heavy atom. The molecular formula is CH4BOP2. The molecular weight excluding hydrogens is 101 g/mol. The molecule has 0 heterocycles. The van der Waals surface area contributed by atoms with Crippen molar-refractivity contribution in [2.24, 2.45) is 0 Å². The topological polar surface area (TPSA) is 17.1 Å². The molecule has 0 amide bonds. The molecule has 0 N–H and O–H groups in total. The second-order valence-electron chi connectivity index (χ2n) is 0.523. The first-order valence-corrected chi connectivity index (χ1v) is 3.69. The highest BCUT2D eigenvalue weighted by atomic mass is 31.1. The Kier molecular flexibility index (Phi) is 5.14. The van der Waals surface area contributed by atoms with E-state index in [0.717, 1.165) is 0 Å². The number of hydrogen-bond acceptors (Lipinski definition) is 1. The van der Waals surface area contributed by atoms with Crippen molar-refractivity contribution < 1.29 is 4.57 Å². The van der Waals surface area contributed by atoms with Gasteiger partial charge in [0.15, 0.2) is 0 Å². The first kappa shape index (κ1) is 5.59. The fraction of sp³-hybridized carbons (Fsp3) is 1.00. The molecule has 0 bridgehead atoms. The van der Waals surface area contributed by atoms with Gasteiger partial charge in [-0.15, -0.1) is 0 Å². The van der Waals surface area contributed by atoms with Gasteiger partial charge in [-0.05, 0) is 0 Å². The van der Waals surface area contributed by atoms with Gasteiger partial charge in [-0.25, -0.2) is 0 Å². The molecule has 1 radical (unpaired) electrons. The molecule has 0 aromatic heterocycles. The van der Waals surface area contributed by atoms with Crippen LogP contribution in [0.3, 0.4) is 0 Å². The molecule has 0 fully saturated rings. The monoisotopic (exact) mass is 105 g/mol. The third kappa shape index (κ3) is 4.59. The third-order valence-corrected chi connectivity index (χ3v) is 1.64. The highest BCUT2D eigenvalue weighted by Crippen LogP contribution is 2.04. The van der Waals surface area contributed by atoms with Crippen molar-refractivity contribution in [1.82, 2.24) is 0 Å². The van der Waals surface area contributed by atoms with Gasteiger partial charge < -0.3 is 0 Å². The van der Waals surface area contributed by atoms with Gasteiger partial charge in [0.1, 0.15) is 0 Å². The lowest BCUT2D eigenvalue weighted by atomic mass is 10.7. The lowest BCUT2D eigenvalue weighted by Crippen LogP contribution is -1.50. The summed E-state index contributed by atoms with van der Waals surface area (Å²) in [4.78, 5) is 0. The van der Waals surface area contributed by atoms with E-state index in [9.17, 15) is 4.57 Å². The van der Waals surface area contributed by atoms with Gasteiger partial charge in [-0.1, -0.05) is 6.66 Å². The Labute approximate surface area is 35.7 Å². The average Bonchev–Trinajstić information content (AvgIpc) is 1.41. The molecule has 0 rings (SSSR count). The minimum absolute atomic E-state index is 0.167. The molecule has 1 atom stereocenters. The van der Waals surface area contributed by atoms with Crippen LogP contribution < -0.4 is 0 Å². The fourth-order valence-electron chi connectivity index (χ4n) is 0.0527. The summed E-state index contributed by atoms with van der Waals surface area (Å²) in [5.74, 6) is 0. The van der Waals surface area contributed by atoms with Crippen molar-refractivity contribution in [1.29, 1.82) is 0 Å². The van der Waals surface area contributed by atoms with Crippen LogP contribution in [0.4, 0.5) is 0 Å². The quantitative estimate of drug-likeness (QED) is 0.379. The minimum atomic E-state index is 0.167. The predicted molar refractivity (Wildman–Crippen MR) is 27.6 cm³/mol. The smallest absolute Gasteiger partial charge is 0.270 e. The predicted octanol–water partition coefficient (Wildman–Crippen LogP) is 1.12. The molecule has 0 aromatic rings. The van der Waals surface area contributed by atoms with Gasteiger partial charge in [-0.2, -0.15) is 8.46 Å². The lowest BCUT2D eigenvalue weighted by Gasteiger charge is -1.64. The van der Waals surface area contributed by atoms with Crippen LogP contribution >= 0.6 is 16.8 Å². The Morgan fingerprint density at radius 3 is 2.60 bits per heavy atom. The molecule has 1 nitrogen and oxygen atoms in total. The minimum Gasteiger partial charge on any atom is -0.288 e. The van der Waals surface area contributed by atoms with Gasteiger partial charge >= 0.3 is 0 Å². The van der Waals surface area contributed by atoms with E-state index < -0.39 is 0 Å². The fourth-order valence-corrected chi connectivity index (χ4v) is 0.474. The highest BCUT2D eigenvalue weighted by Gasteiger charge is 1.74. The van der Waals surface area contributed by atoms with E-state index in [1.165, 1.54) is 0 Å². The average molecular weight is 105 g/mol. The molecule has 0 aliphatic heterocycles. The highest BCUT2D eigenvalue weighted by molar-refractivity contribution is 7.96. The molecule has 0 aliphatic rings. The molecule has 27 valence electrons. The van der Waals surface area contributed by atoms with Crippen molar-refractivity contribution in [2.45, 2.75) is 0 Å². The zero-order valence-electron chi connectivity index (χ0n) is 2.93. The van der Waals surface area contributed by atoms with Crippen molar-refractivity contribution in [2.75, 3.05) is 6.66 Å². The zero-order chi connectivity index (χ0) is 4.12. The van der Waals surface area contributed by atoms with Gasteiger partial charge in [0.2, 0.25) is 0 Å². The summed E-state index contributed by atoms with van der Waals surface area (Å²) in [5.41, 5.74) is 0. The largest absolute Gasteiger partial charge is 0.288 e. The van der Waals surface area contributed by atoms with Crippen LogP contribution in [-0.2, 0) is 4.57 Å². The SMILES string of the molecule is CP[B]P=O. The number of rotatable bonds is 2. The summed E-state index contributed by atoms with van der Waals surface area (Å²) < 4.78 is 9.45. The Morgan fingerprint density at radius 1 is 2.00 bits per heavy atom. The normalized spacial score (nSPS) is 10.6. The first-order chi connectivity index (χ1) is 2.41. The Bertz CT molecular complexity index is 30.8. The molecule has 4 heteroatoms. The molecule has 0 aliphatic carbocycles. The maximum Gasteiger partial charge on any atom is 0.270 e. The maximum atomic E-state index is 9.45. The summed E-state index contributed by atoms with van der Waals surface area (Å²) >= 11 is 0. The van der Waals surface area contributed by atoms with E-state index in [2.05, 4.69) is 0 Å². The standard InChI is InChI=1S/CH4BOP2/c1-4-2-5-3/h4H,1H3. The van der Waals surface area contributed by atoms with Crippen LogP contribution in [0.1, 0.15) is 0 Å². The van der Waals surface area contributed by atoms with Crippen molar-refractivity contribution in [3.05, 3.63) is 0 Å². The summed E-state index contributed by atoms with van der Waals surface area (Å²) in [6.45, 7) is 3.67.